The molecule has 1 aromatic heterocycles. The lowest BCUT2D eigenvalue weighted by atomic mass is 10.2. The van der Waals surface area contributed by atoms with E-state index in [2.05, 4.69) is 15.3 Å². The van der Waals surface area contributed by atoms with Gasteiger partial charge in [-0.3, -0.25) is 9.59 Å². The number of rotatable bonds is 7. The van der Waals surface area contributed by atoms with Crippen molar-refractivity contribution in [3.63, 3.8) is 0 Å². The fourth-order valence-corrected chi connectivity index (χ4v) is 1.46. The molecule has 1 aromatic rings. The van der Waals surface area contributed by atoms with Crippen LogP contribution in [0.4, 0.5) is 5.82 Å². The van der Waals surface area contributed by atoms with Gasteiger partial charge >= 0.3 is 5.97 Å². The van der Waals surface area contributed by atoms with Gasteiger partial charge in [0, 0.05) is 19.0 Å². The van der Waals surface area contributed by atoms with Gasteiger partial charge < -0.3 is 15.4 Å². The van der Waals surface area contributed by atoms with Crippen molar-refractivity contribution in [2.75, 3.05) is 11.9 Å². The minimum atomic E-state index is -0.759. The Morgan fingerprint density at radius 3 is 2.88 bits per heavy atom. The molecule has 0 radical (unpaired) electrons. The first kappa shape index (κ1) is 13.2. The number of hydrogen-bond acceptors (Lipinski definition) is 4. The highest BCUT2D eigenvalue weighted by Gasteiger charge is 1.98. The zero-order valence-corrected chi connectivity index (χ0v) is 9.82. The normalized spacial score (nSPS) is 10.2. The monoisotopic (exact) mass is 239 g/mol. The van der Waals surface area contributed by atoms with Crippen molar-refractivity contribution in [1.82, 2.24) is 9.97 Å². The number of unbranched alkanes of at least 4 members (excludes halogenated alkanes) is 2. The minimum absolute atomic E-state index is 0.175. The lowest BCUT2D eigenvalue weighted by molar-refractivity contribution is -0.137. The third kappa shape index (κ3) is 5.70. The van der Waals surface area contributed by atoms with Crippen LogP contribution in [0.25, 0.3) is 0 Å². The van der Waals surface area contributed by atoms with Crippen LogP contribution in [0.1, 0.15) is 31.5 Å². The number of aromatic nitrogens is 2. The van der Waals surface area contributed by atoms with E-state index >= 15 is 0 Å². The van der Waals surface area contributed by atoms with Gasteiger partial charge in [0.25, 0.3) is 5.56 Å². The summed E-state index contributed by atoms with van der Waals surface area (Å²) in [7, 11) is 0. The molecular formula is C11H17N3O3. The molecule has 0 aromatic carbocycles. The van der Waals surface area contributed by atoms with Crippen molar-refractivity contribution < 1.29 is 9.90 Å². The zero-order valence-electron chi connectivity index (χ0n) is 9.82. The summed E-state index contributed by atoms with van der Waals surface area (Å²) >= 11 is 0. The molecule has 0 aliphatic heterocycles. The fourth-order valence-electron chi connectivity index (χ4n) is 1.46. The fraction of sp³-hybridized carbons (Fsp3) is 0.545. The van der Waals surface area contributed by atoms with E-state index in [0.29, 0.717) is 24.6 Å². The molecule has 0 spiro atoms. The van der Waals surface area contributed by atoms with Crippen molar-refractivity contribution in [2.45, 2.75) is 32.6 Å². The summed E-state index contributed by atoms with van der Waals surface area (Å²) in [4.78, 5) is 28.1. The highest BCUT2D eigenvalue weighted by atomic mass is 16.4. The summed E-state index contributed by atoms with van der Waals surface area (Å²) in [6.45, 7) is 2.41. The zero-order chi connectivity index (χ0) is 12.7. The first-order chi connectivity index (χ1) is 8.08. The number of carbonyl (C=O) groups is 1. The van der Waals surface area contributed by atoms with Crippen LogP contribution in [0, 0.1) is 6.92 Å². The van der Waals surface area contributed by atoms with Crippen LogP contribution < -0.4 is 10.9 Å². The number of H-pyrrole nitrogens is 1. The van der Waals surface area contributed by atoms with Gasteiger partial charge in [0.15, 0.2) is 0 Å². The van der Waals surface area contributed by atoms with Gasteiger partial charge in [-0.1, -0.05) is 6.42 Å². The summed E-state index contributed by atoms with van der Waals surface area (Å²) < 4.78 is 0. The van der Waals surface area contributed by atoms with E-state index in [1.54, 1.807) is 6.92 Å². The number of aliphatic carboxylic acids is 1. The molecule has 0 aliphatic rings. The number of nitrogens with zero attached hydrogens (tertiary/aromatic N) is 1. The second kappa shape index (κ2) is 6.67. The third-order valence-electron chi connectivity index (χ3n) is 2.23. The smallest absolute Gasteiger partial charge is 0.303 e. The largest absolute Gasteiger partial charge is 0.481 e. The molecule has 0 unspecified atom stereocenters. The molecule has 1 heterocycles. The summed E-state index contributed by atoms with van der Waals surface area (Å²) in [5, 5.41) is 11.5. The van der Waals surface area contributed by atoms with Crippen molar-refractivity contribution in [3.05, 3.63) is 22.2 Å². The molecule has 6 heteroatoms. The molecule has 0 fully saturated rings. The van der Waals surface area contributed by atoms with Crippen LogP contribution in [-0.4, -0.2) is 27.6 Å². The van der Waals surface area contributed by atoms with E-state index in [0.717, 1.165) is 12.8 Å². The Bertz CT molecular complexity index is 428. The molecule has 17 heavy (non-hydrogen) atoms. The number of carboxylic acid groups (broad SMARTS) is 1. The van der Waals surface area contributed by atoms with Crippen molar-refractivity contribution in [1.29, 1.82) is 0 Å². The van der Waals surface area contributed by atoms with Crippen molar-refractivity contribution in [2.24, 2.45) is 0 Å². The lowest BCUT2D eigenvalue weighted by Gasteiger charge is -2.05. The standard InChI is InChI=1S/C11H17N3O3/c1-8-13-9(7-10(15)14-8)12-6-4-2-3-5-11(16)17/h7H,2-6H2,1H3,(H,16,17)(H2,12,13,14,15). The van der Waals surface area contributed by atoms with E-state index in [1.165, 1.54) is 6.07 Å². The van der Waals surface area contributed by atoms with E-state index < -0.39 is 5.97 Å². The van der Waals surface area contributed by atoms with Gasteiger partial charge in [-0.25, -0.2) is 4.98 Å². The maximum atomic E-state index is 11.1. The number of anilines is 1. The number of nitrogens with one attached hydrogen (secondary N) is 2. The Labute approximate surface area is 99.1 Å². The van der Waals surface area contributed by atoms with Crippen LogP contribution in [0.3, 0.4) is 0 Å². The first-order valence-corrected chi connectivity index (χ1v) is 5.61. The van der Waals surface area contributed by atoms with Crippen LogP contribution in [0.5, 0.6) is 0 Å². The molecule has 0 saturated heterocycles. The third-order valence-corrected chi connectivity index (χ3v) is 2.23. The van der Waals surface area contributed by atoms with Gasteiger partial charge in [-0.2, -0.15) is 0 Å². The van der Waals surface area contributed by atoms with E-state index in [9.17, 15) is 9.59 Å². The van der Waals surface area contributed by atoms with E-state index in [-0.39, 0.29) is 12.0 Å². The molecule has 0 aliphatic carbocycles. The highest BCUT2D eigenvalue weighted by molar-refractivity contribution is 5.66. The molecule has 0 amide bonds. The molecule has 1 rings (SSSR count). The number of carboxylic acids is 1. The second-order valence-electron chi connectivity index (χ2n) is 3.85. The van der Waals surface area contributed by atoms with Crippen LogP contribution >= 0.6 is 0 Å². The SMILES string of the molecule is Cc1nc(NCCCCCC(=O)O)cc(=O)[nH]1. The van der Waals surface area contributed by atoms with Crippen LogP contribution in [-0.2, 0) is 4.79 Å². The van der Waals surface area contributed by atoms with Gasteiger partial charge in [0.2, 0.25) is 0 Å². The summed E-state index contributed by atoms with van der Waals surface area (Å²) in [5.74, 6) is 0.375. The van der Waals surface area contributed by atoms with Crippen molar-refractivity contribution in [3.8, 4) is 0 Å². The average molecular weight is 239 g/mol. The molecule has 0 saturated carbocycles. The summed E-state index contributed by atoms with van der Waals surface area (Å²) in [6, 6.07) is 1.41. The van der Waals surface area contributed by atoms with Gasteiger partial charge in [-0.15, -0.1) is 0 Å². The number of aryl methyl sites for hydroxylation is 1. The Morgan fingerprint density at radius 2 is 2.24 bits per heavy atom. The molecule has 0 atom stereocenters. The number of hydrogen-bond donors (Lipinski definition) is 3. The topological polar surface area (TPSA) is 95.1 Å². The predicted octanol–water partition coefficient (Wildman–Crippen LogP) is 1.14. The number of aromatic amines is 1. The van der Waals surface area contributed by atoms with Gasteiger partial charge in [0.05, 0.1) is 0 Å². The second-order valence-corrected chi connectivity index (χ2v) is 3.85. The van der Waals surface area contributed by atoms with E-state index in [4.69, 9.17) is 5.11 Å². The lowest BCUT2D eigenvalue weighted by Crippen LogP contribution is -2.12. The molecular weight excluding hydrogens is 222 g/mol. The molecule has 3 N–H and O–H groups in total. The Hall–Kier alpha value is -1.85. The average Bonchev–Trinajstić information content (AvgIpc) is 2.21. The Morgan fingerprint density at radius 1 is 1.47 bits per heavy atom. The van der Waals surface area contributed by atoms with Crippen molar-refractivity contribution >= 4 is 11.8 Å². The Balaban J connectivity index is 2.22. The first-order valence-electron chi connectivity index (χ1n) is 5.61. The maximum absolute atomic E-state index is 11.1. The van der Waals surface area contributed by atoms with Gasteiger partial charge in [0.1, 0.15) is 11.6 Å². The minimum Gasteiger partial charge on any atom is -0.481 e. The van der Waals surface area contributed by atoms with Crippen LogP contribution in [0.2, 0.25) is 0 Å². The Kier molecular flexibility index (Phi) is 5.19. The predicted molar refractivity (Wildman–Crippen MR) is 64.2 cm³/mol. The van der Waals surface area contributed by atoms with Gasteiger partial charge in [-0.05, 0) is 19.8 Å². The summed E-state index contributed by atoms with van der Waals surface area (Å²) in [6.07, 6.45) is 2.60. The highest BCUT2D eigenvalue weighted by Crippen LogP contribution is 2.02. The van der Waals surface area contributed by atoms with Crippen LogP contribution in [0.15, 0.2) is 10.9 Å². The quantitative estimate of drug-likeness (QED) is 0.620. The molecule has 6 nitrogen and oxygen atoms in total. The van der Waals surface area contributed by atoms with E-state index in [1.807, 2.05) is 0 Å². The molecule has 94 valence electrons. The molecule has 0 bridgehead atoms. The summed E-state index contributed by atoms with van der Waals surface area (Å²) in [5.41, 5.74) is -0.175. The maximum Gasteiger partial charge on any atom is 0.303 e.